The Morgan fingerprint density at radius 1 is 1.12 bits per heavy atom. The van der Waals surface area contributed by atoms with Gasteiger partial charge in [0.2, 0.25) is 5.13 Å². The number of carbonyl (C=O) groups is 2. The van der Waals surface area contributed by atoms with Crippen molar-refractivity contribution in [1.29, 1.82) is 0 Å². The number of aliphatic hydroxyl groups excluding tert-OH is 1. The lowest BCUT2D eigenvalue weighted by Gasteiger charge is -2.23. The van der Waals surface area contributed by atoms with Crippen LogP contribution < -0.4 is 14.4 Å². The summed E-state index contributed by atoms with van der Waals surface area (Å²) in [4.78, 5) is 27.4. The molecule has 1 atom stereocenters. The van der Waals surface area contributed by atoms with Crippen LogP contribution in [0.25, 0.3) is 5.76 Å². The first-order chi connectivity index (χ1) is 15.4. The summed E-state index contributed by atoms with van der Waals surface area (Å²) >= 11 is 7.37. The molecule has 2 aliphatic rings. The van der Waals surface area contributed by atoms with Crippen molar-refractivity contribution in [2.45, 2.75) is 13.0 Å². The maximum Gasteiger partial charge on any atom is 0.301 e. The third-order valence-corrected chi connectivity index (χ3v) is 6.22. The number of ketones is 1. The van der Waals surface area contributed by atoms with Crippen LogP contribution in [-0.4, -0.2) is 40.2 Å². The smallest absolute Gasteiger partial charge is 0.301 e. The molecule has 1 saturated heterocycles. The van der Waals surface area contributed by atoms with Crippen LogP contribution in [0.15, 0.2) is 48.0 Å². The number of aromatic nitrogens is 2. The summed E-state index contributed by atoms with van der Waals surface area (Å²) in [6.45, 7) is 2.56. The standard InChI is InChI=1S/C22H16ClN3O5S/c1-11-24-25-22(32-11)26-18(12-3-2-4-14(23)9-12)17(20(28)21(26)29)19(27)13-5-6-15-16(10-13)31-8-7-30-15/h2-6,9-10,18,27H,7-8H2,1H3/t18-/m1/s1. The molecule has 162 valence electrons. The van der Waals surface area contributed by atoms with Crippen molar-refractivity contribution in [3.8, 4) is 11.5 Å². The van der Waals surface area contributed by atoms with E-state index in [0.717, 1.165) is 0 Å². The van der Waals surface area contributed by atoms with Crippen molar-refractivity contribution < 1.29 is 24.2 Å². The van der Waals surface area contributed by atoms with Gasteiger partial charge in [0.15, 0.2) is 11.5 Å². The van der Waals surface area contributed by atoms with Crippen LogP contribution >= 0.6 is 22.9 Å². The lowest BCUT2D eigenvalue weighted by Crippen LogP contribution is -2.29. The number of rotatable bonds is 3. The molecule has 2 aliphatic heterocycles. The number of Topliss-reactive ketones (excluding diaryl/α,β-unsaturated/α-hetero) is 1. The number of hydrogen-bond donors (Lipinski definition) is 1. The summed E-state index contributed by atoms with van der Waals surface area (Å²) in [7, 11) is 0. The van der Waals surface area contributed by atoms with Gasteiger partial charge in [0.1, 0.15) is 24.0 Å². The number of amides is 1. The summed E-state index contributed by atoms with van der Waals surface area (Å²) in [5.74, 6) is -0.952. The molecule has 3 aromatic rings. The van der Waals surface area contributed by atoms with Crippen LogP contribution in [0.2, 0.25) is 5.02 Å². The predicted octanol–water partition coefficient (Wildman–Crippen LogP) is 3.90. The molecule has 1 fully saturated rings. The number of ether oxygens (including phenoxy) is 2. The largest absolute Gasteiger partial charge is 0.507 e. The van der Waals surface area contributed by atoms with Crippen LogP contribution in [0.1, 0.15) is 22.2 Å². The van der Waals surface area contributed by atoms with Gasteiger partial charge in [-0.3, -0.25) is 14.5 Å². The molecule has 0 bridgehead atoms. The van der Waals surface area contributed by atoms with Crippen molar-refractivity contribution in [2.24, 2.45) is 0 Å². The molecule has 32 heavy (non-hydrogen) atoms. The van der Waals surface area contributed by atoms with Gasteiger partial charge in [-0.1, -0.05) is 35.1 Å². The maximum absolute atomic E-state index is 13.1. The Morgan fingerprint density at radius 3 is 2.62 bits per heavy atom. The number of aryl methyl sites for hydroxylation is 1. The Hall–Kier alpha value is -3.43. The topological polar surface area (TPSA) is 102 Å². The molecule has 0 aliphatic carbocycles. The quantitative estimate of drug-likeness (QED) is 0.352. The minimum absolute atomic E-state index is 0.0678. The first-order valence-electron chi connectivity index (χ1n) is 9.70. The van der Waals surface area contributed by atoms with E-state index in [9.17, 15) is 14.7 Å². The van der Waals surface area contributed by atoms with Crippen molar-refractivity contribution >= 4 is 45.5 Å². The normalized spacial score (nSPS) is 19.4. The van der Waals surface area contributed by atoms with Crippen LogP contribution in [0.5, 0.6) is 11.5 Å². The van der Waals surface area contributed by atoms with E-state index in [1.165, 1.54) is 16.2 Å². The predicted molar refractivity (Wildman–Crippen MR) is 118 cm³/mol. The van der Waals surface area contributed by atoms with Gasteiger partial charge in [0, 0.05) is 10.6 Å². The summed E-state index contributed by atoms with van der Waals surface area (Å²) in [6.07, 6.45) is 0. The summed E-state index contributed by atoms with van der Waals surface area (Å²) in [5.41, 5.74) is 0.818. The first-order valence-corrected chi connectivity index (χ1v) is 10.9. The molecule has 1 N–H and O–H groups in total. The molecule has 8 nitrogen and oxygen atoms in total. The second-order valence-corrected chi connectivity index (χ2v) is 8.78. The molecule has 10 heteroatoms. The fourth-order valence-corrected chi connectivity index (χ4v) is 4.66. The molecule has 0 saturated carbocycles. The molecule has 2 aromatic carbocycles. The number of nitrogens with zero attached hydrogens (tertiary/aromatic N) is 3. The molecular formula is C22H16ClN3O5S. The fraction of sp³-hybridized carbons (Fsp3) is 0.182. The third kappa shape index (κ3) is 3.39. The Balaban J connectivity index is 1.70. The van der Waals surface area contributed by atoms with Gasteiger partial charge >= 0.3 is 5.91 Å². The van der Waals surface area contributed by atoms with Gasteiger partial charge in [-0.05, 0) is 42.8 Å². The molecule has 0 unspecified atom stereocenters. The fourth-order valence-electron chi connectivity index (χ4n) is 3.75. The summed E-state index contributed by atoms with van der Waals surface area (Å²) < 4.78 is 11.1. The van der Waals surface area contributed by atoms with Crippen LogP contribution in [-0.2, 0) is 9.59 Å². The van der Waals surface area contributed by atoms with Crippen molar-refractivity contribution in [1.82, 2.24) is 10.2 Å². The van der Waals surface area contributed by atoms with Gasteiger partial charge in [-0.15, -0.1) is 10.2 Å². The Bertz CT molecular complexity index is 1290. The average molecular weight is 470 g/mol. The average Bonchev–Trinajstić information content (AvgIpc) is 3.33. The molecule has 1 aromatic heterocycles. The zero-order valence-electron chi connectivity index (χ0n) is 16.7. The zero-order chi connectivity index (χ0) is 22.4. The highest BCUT2D eigenvalue weighted by Gasteiger charge is 2.48. The van der Waals surface area contributed by atoms with Gasteiger partial charge in [0.05, 0.1) is 11.6 Å². The number of benzene rings is 2. The van der Waals surface area contributed by atoms with Crippen molar-refractivity contribution in [3.63, 3.8) is 0 Å². The van der Waals surface area contributed by atoms with Crippen molar-refractivity contribution in [3.05, 3.63) is 69.2 Å². The third-order valence-electron chi connectivity index (χ3n) is 5.15. The second-order valence-electron chi connectivity index (χ2n) is 7.19. The van der Waals surface area contributed by atoms with Gasteiger partial charge in [0.25, 0.3) is 5.78 Å². The lowest BCUT2D eigenvalue weighted by molar-refractivity contribution is -0.132. The number of anilines is 1. The Kier molecular flexibility index (Phi) is 5.07. The monoisotopic (exact) mass is 469 g/mol. The molecule has 0 radical (unpaired) electrons. The van der Waals surface area contributed by atoms with E-state index in [1.807, 2.05) is 0 Å². The second kappa shape index (κ2) is 7.92. The molecular weight excluding hydrogens is 454 g/mol. The number of carbonyl (C=O) groups excluding carboxylic acids is 2. The minimum Gasteiger partial charge on any atom is -0.507 e. The summed E-state index contributed by atoms with van der Waals surface area (Å²) in [6, 6.07) is 10.7. The van der Waals surface area contributed by atoms with Gasteiger partial charge in [-0.25, -0.2) is 0 Å². The van der Waals surface area contributed by atoms with E-state index in [-0.39, 0.29) is 16.5 Å². The van der Waals surface area contributed by atoms with E-state index >= 15 is 0 Å². The highest BCUT2D eigenvalue weighted by atomic mass is 35.5. The first kappa shape index (κ1) is 20.5. The number of aliphatic hydroxyl groups is 1. The van der Waals surface area contributed by atoms with Crippen molar-refractivity contribution in [2.75, 3.05) is 18.1 Å². The van der Waals surface area contributed by atoms with Crippen LogP contribution in [0.3, 0.4) is 0 Å². The van der Waals surface area contributed by atoms with E-state index in [2.05, 4.69) is 10.2 Å². The summed E-state index contributed by atoms with van der Waals surface area (Å²) in [5, 5.41) is 20.6. The minimum atomic E-state index is -0.922. The van der Waals surface area contributed by atoms with Crippen LogP contribution in [0, 0.1) is 6.92 Å². The highest BCUT2D eigenvalue weighted by molar-refractivity contribution is 7.15. The number of hydrogen-bond acceptors (Lipinski definition) is 8. The molecule has 5 rings (SSSR count). The Morgan fingerprint density at radius 2 is 1.91 bits per heavy atom. The van der Waals surface area contributed by atoms with E-state index < -0.39 is 17.7 Å². The molecule has 0 spiro atoms. The van der Waals surface area contributed by atoms with Crippen LogP contribution in [0.4, 0.5) is 5.13 Å². The Labute approximate surface area is 191 Å². The van der Waals surface area contributed by atoms with Gasteiger partial charge < -0.3 is 14.6 Å². The zero-order valence-corrected chi connectivity index (χ0v) is 18.3. The van der Waals surface area contributed by atoms with E-state index in [4.69, 9.17) is 21.1 Å². The van der Waals surface area contributed by atoms with E-state index in [0.29, 0.717) is 45.9 Å². The maximum atomic E-state index is 13.1. The molecule has 1 amide bonds. The molecule has 3 heterocycles. The number of halogens is 1. The number of fused-ring (bicyclic) bond motifs is 1. The lowest BCUT2D eigenvalue weighted by atomic mass is 9.95. The van der Waals surface area contributed by atoms with E-state index in [1.54, 1.807) is 49.4 Å². The van der Waals surface area contributed by atoms with Gasteiger partial charge in [-0.2, -0.15) is 0 Å². The SMILES string of the molecule is Cc1nnc(N2C(=O)C(=O)C(=C(O)c3ccc4c(c3)OCCO4)[C@H]2c2cccc(Cl)c2)s1. The highest BCUT2D eigenvalue weighted by Crippen LogP contribution is 2.44.